The fraction of sp³-hybridized carbons (Fsp3) is 0.750. The van der Waals surface area contributed by atoms with Crippen LogP contribution in [0.1, 0.15) is 26.2 Å². The quantitative estimate of drug-likeness (QED) is 0.524. The Morgan fingerprint density at radius 3 is 2.30 bits per heavy atom. The first-order chi connectivity index (χ1) is 9.41. The third-order valence-corrected chi connectivity index (χ3v) is 3.14. The molecular formula is C12H21N3O5. The number of likely N-dealkylation sites (tertiary alicyclic amines) is 1. The van der Waals surface area contributed by atoms with Crippen LogP contribution in [0.15, 0.2) is 0 Å². The third-order valence-electron chi connectivity index (χ3n) is 3.14. The van der Waals surface area contributed by atoms with Crippen LogP contribution in [0.25, 0.3) is 0 Å². The molecule has 1 fully saturated rings. The van der Waals surface area contributed by atoms with Crippen LogP contribution < -0.4 is 10.6 Å². The number of aliphatic hydroxyl groups is 1. The van der Waals surface area contributed by atoms with Crippen molar-refractivity contribution in [1.29, 1.82) is 0 Å². The number of urea groups is 1. The van der Waals surface area contributed by atoms with Crippen LogP contribution in [0.5, 0.6) is 0 Å². The number of carbonyl (C=O) groups excluding carboxylic acids is 2. The maximum atomic E-state index is 11.8. The normalized spacial score (nSPS) is 18.0. The highest BCUT2D eigenvalue weighted by Crippen LogP contribution is 2.08. The fourth-order valence-electron chi connectivity index (χ4n) is 1.99. The maximum absolute atomic E-state index is 11.8. The van der Waals surface area contributed by atoms with Crippen molar-refractivity contribution in [2.75, 3.05) is 19.6 Å². The fourth-order valence-corrected chi connectivity index (χ4v) is 1.99. The molecule has 2 atom stereocenters. The first-order valence-corrected chi connectivity index (χ1v) is 6.65. The number of aliphatic hydroxyl groups excluding tert-OH is 1. The van der Waals surface area contributed by atoms with E-state index in [1.165, 1.54) is 6.92 Å². The molecule has 20 heavy (non-hydrogen) atoms. The van der Waals surface area contributed by atoms with E-state index in [9.17, 15) is 19.5 Å². The van der Waals surface area contributed by atoms with Crippen molar-refractivity contribution < 1.29 is 24.6 Å². The van der Waals surface area contributed by atoms with Gasteiger partial charge in [0.15, 0.2) is 6.04 Å². The molecule has 0 aromatic rings. The summed E-state index contributed by atoms with van der Waals surface area (Å²) in [4.78, 5) is 35.7. The van der Waals surface area contributed by atoms with E-state index in [1.807, 2.05) is 0 Å². The van der Waals surface area contributed by atoms with Crippen molar-refractivity contribution in [2.45, 2.75) is 38.3 Å². The van der Waals surface area contributed by atoms with Gasteiger partial charge in [-0.05, 0) is 26.2 Å². The Labute approximate surface area is 117 Å². The molecule has 1 saturated heterocycles. The van der Waals surface area contributed by atoms with Gasteiger partial charge in [-0.3, -0.25) is 4.79 Å². The summed E-state index contributed by atoms with van der Waals surface area (Å²) in [6.45, 7) is 2.46. The van der Waals surface area contributed by atoms with Gasteiger partial charge in [0.25, 0.3) is 0 Å². The zero-order chi connectivity index (χ0) is 15.1. The minimum absolute atomic E-state index is 0.183. The molecule has 0 aliphatic carbocycles. The van der Waals surface area contributed by atoms with Crippen molar-refractivity contribution >= 4 is 17.9 Å². The van der Waals surface area contributed by atoms with E-state index >= 15 is 0 Å². The van der Waals surface area contributed by atoms with Gasteiger partial charge in [-0.15, -0.1) is 0 Å². The van der Waals surface area contributed by atoms with Crippen LogP contribution >= 0.6 is 0 Å². The number of amides is 3. The van der Waals surface area contributed by atoms with Gasteiger partial charge in [0.1, 0.15) is 0 Å². The molecule has 8 heteroatoms. The van der Waals surface area contributed by atoms with Crippen molar-refractivity contribution in [2.24, 2.45) is 0 Å². The molecule has 0 spiro atoms. The van der Waals surface area contributed by atoms with E-state index in [4.69, 9.17) is 5.11 Å². The molecule has 0 radical (unpaired) electrons. The topological polar surface area (TPSA) is 119 Å². The summed E-state index contributed by atoms with van der Waals surface area (Å²) < 4.78 is 0. The van der Waals surface area contributed by atoms with Gasteiger partial charge in [-0.2, -0.15) is 0 Å². The Bertz CT molecular complexity index is 366. The number of carbonyl (C=O) groups is 3. The van der Waals surface area contributed by atoms with Gasteiger partial charge >= 0.3 is 12.0 Å². The van der Waals surface area contributed by atoms with Crippen LogP contribution in [0.2, 0.25) is 0 Å². The summed E-state index contributed by atoms with van der Waals surface area (Å²) in [5, 5.41) is 22.4. The lowest BCUT2D eigenvalue weighted by atomic mass is 10.1. The Hall–Kier alpha value is -1.83. The van der Waals surface area contributed by atoms with Crippen molar-refractivity contribution in [3.63, 3.8) is 0 Å². The molecule has 1 heterocycles. The lowest BCUT2D eigenvalue weighted by molar-refractivity contribution is -0.141. The van der Waals surface area contributed by atoms with E-state index in [2.05, 4.69) is 10.6 Å². The minimum atomic E-state index is -1.40. The number of rotatable bonds is 5. The molecule has 3 amide bonds. The van der Waals surface area contributed by atoms with Gasteiger partial charge in [0, 0.05) is 13.1 Å². The van der Waals surface area contributed by atoms with Crippen molar-refractivity contribution in [1.82, 2.24) is 15.5 Å². The standard InChI is InChI=1S/C12H21N3O5/c1-8(16)10(11(18)19)14-12(20)13-7-9(17)15-5-3-2-4-6-15/h8,10,16H,2-7H2,1H3,(H,18,19)(H2,13,14,20)/t8-,10+/m1/s1. The molecule has 4 N–H and O–H groups in total. The van der Waals surface area contributed by atoms with Gasteiger partial charge < -0.3 is 25.7 Å². The second-order valence-corrected chi connectivity index (χ2v) is 4.82. The number of carboxylic acid groups (broad SMARTS) is 1. The number of carboxylic acids is 1. The van der Waals surface area contributed by atoms with E-state index in [1.54, 1.807) is 4.90 Å². The molecule has 8 nitrogen and oxygen atoms in total. The molecule has 1 aliphatic heterocycles. The lowest BCUT2D eigenvalue weighted by Gasteiger charge is -2.27. The monoisotopic (exact) mass is 287 g/mol. The van der Waals surface area contributed by atoms with Crippen molar-refractivity contribution in [3.8, 4) is 0 Å². The molecular weight excluding hydrogens is 266 g/mol. The highest BCUT2D eigenvalue weighted by molar-refractivity contribution is 5.86. The highest BCUT2D eigenvalue weighted by Gasteiger charge is 2.25. The van der Waals surface area contributed by atoms with E-state index < -0.39 is 24.1 Å². The average Bonchev–Trinajstić information content (AvgIpc) is 2.42. The Balaban J connectivity index is 2.34. The second-order valence-electron chi connectivity index (χ2n) is 4.82. The van der Waals surface area contributed by atoms with E-state index in [0.717, 1.165) is 19.3 Å². The first-order valence-electron chi connectivity index (χ1n) is 6.65. The van der Waals surface area contributed by atoms with E-state index in [0.29, 0.717) is 13.1 Å². The predicted molar refractivity (Wildman–Crippen MR) is 70.1 cm³/mol. The summed E-state index contributed by atoms with van der Waals surface area (Å²) >= 11 is 0. The SMILES string of the molecule is C[C@@H](O)[C@H](NC(=O)NCC(=O)N1CCCCC1)C(=O)O. The number of hydrogen-bond donors (Lipinski definition) is 4. The summed E-state index contributed by atoms with van der Waals surface area (Å²) in [6.07, 6.45) is 1.80. The lowest BCUT2D eigenvalue weighted by Crippen LogP contribution is -2.52. The first kappa shape index (κ1) is 16.2. The minimum Gasteiger partial charge on any atom is -0.480 e. The van der Waals surface area contributed by atoms with Crippen LogP contribution in [0, 0.1) is 0 Å². The number of aliphatic carboxylic acids is 1. The molecule has 114 valence electrons. The zero-order valence-corrected chi connectivity index (χ0v) is 11.5. The summed E-state index contributed by atoms with van der Waals surface area (Å²) in [5.41, 5.74) is 0. The molecule has 0 unspecified atom stereocenters. The van der Waals surface area contributed by atoms with Crippen molar-refractivity contribution in [3.05, 3.63) is 0 Å². The highest BCUT2D eigenvalue weighted by atomic mass is 16.4. The molecule has 1 rings (SSSR count). The molecule has 1 aliphatic rings. The number of nitrogens with zero attached hydrogens (tertiary/aromatic N) is 1. The summed E-state index contributed by atoms with van der Waals surface area (Å²) in [6, 6.07) is -2.19. The van der Waals surface area contributed by atoms with E-state index in [-0.39, 0.29) is 12.5 Å². The maximum Gasteiger partial charge on any atom is 0.328 e. The average molecular weight is 287 g/mol. The third kappa shape index (κ3) is 5.04. The Morgan fingerprint density at radius 1 is 1.20 bits per heavy atom. The van der Waals surface area contributed by atoms with Gasteiger partial charge in [0.2, 0.25) is 5.91 Å². The summed E-state index contributed by atoms with van der Waals surface area (Å²) in [5.74, 6) is -1.53. The van der Waals surface area contributed by atoms with Gasteiger partial charge in [-0.25, -0.2) is 9.59 Å². The predicted octanol–water partition coefficient (Wildman–Crippen LogP) is -0.868. The number of hydrogen-bond acceptors (Lipinski definition) is 4. The van der Waals surface area contributed by atoms with Crippen LogP contribution in [-0.4, -0.2) is 64.8 Å². The molecule has 0 aromatic carbocycles. The molecule has 0 aromatic heterocycles. The Morgan fingerprint density at radius 2 is 1.80 bits per heavy atom. The molecule has 0 bridgehead atoms. The zero-order valence-electron chi connectivity index (χ0n) is 11.5. The second kappa shape index (κ2) is 7.68. The van der Waals surface area contributed by atoms with Crippen LogP contribution in [-0.2, 0) is 9.59 Å². The molecule has 0 saturated carbocycles. The number of piperidine rings is 1. The van der Waals surface area contributed by atoms with Crippen LogP contribution in [0.4, 0.5) is 4.79 Å². The van der Waals surface area contributed by atoms with Crippen LogP contribution in [0.3, 0.4) is 0 Å². The van der Waals surface area contributed by atoms with Gasteiger partial charge in [0.05, 0.1) is 12.6 Å². The smallest absolute Gasteiger partial charge is 0.328 e. The number of nitrogens with one attached hydrogen (secondary N) is 2. The largest absolute Gasteiger partial charge is 0.480 e. The summed E-state index contributed by atoms with van der Waals surface area (Å²) in [7, 11) is 0. The van der Waals surface area contributed by atoms with Gasteiger partial charge in [-0.1, -0.05) is 0 Å². The Kier molecular flexibility index (Phi) is 6.23.